The lowest BCUT2D eigenvalue weighted by Gasteiger charge is -2.20. The third-order valence-electron chi connectivity index (χ3n) is 5.51. The van der Waals surface area contributed by atoms with E-state index in [0.717, 1.165) is 41.7 Å². The smallest absolute Gasteiger partial charge is 0.144 e. The summed E-state index contributed by atoms with van der Waals surface area (Å²) in [6, 6.07) is 29.2. The second-order valence-electron chi connectivity index (χ2n) is 7.47. The third-order valence-corrected chi connectivity index (χ3v) is 5.88. The number of anilines is 1. The summed E-state index contributed by atoms with van der Waals surface area (Å²) in [7, 11) is 0. The van der Waals surface area contributed by atoms with Gasteiger partial charge in [-0.1, -0.05) is 78.9 Å². The highest BCUT2D eigenvalue weighted by atomic mass is 32.1. The van der Waals surface area contributed by atoms with Crippen LogP contribution in [0.5, 0.6) is 0 Å². The van der Waals surface area contributed by atoms with E-state index in [-0.39, 0.29) is 0 Å². The lowest BCUT2D eigenvalue weighted by atomic mass is 10.1. The van der Waals surface area contributed by atoms with Crippen LogP contribution >= 0.6 is 12.2 Å². The minimum atomic E-state index is 0.584. The van der Waals surface area contributed by atoms with Gasteiger partial charge in [-0.15, -0.1) is 10.2 Å². The van der Waals surface area contributed by atoms with E-state index in [2.05, 4.69) is 80.3 Å². The summed E-state index contributed by atoms with van der Waals surface area (Å²) in [5, 5.41) is 9.10. The molecule has 1 aliphatic rings. The molecule has 0 bridgehead atoms. The number of fused-ring (bicyclic) bond motifs is 1. The third kappa shape index (κ3) is 3.64. The van der Waals surface area contributed by atoms with Gasteiger partial charge in [-0.25, -0.2) is 0 Å². The highest BCUT2D eigenvalue weighted by Crippen LogP contribution is 2.28. The lowest BCUT2D eigenvalue weighted by Crippen LogP contribution is -2.29. The van der Waals surface area contributed by atoms with Crippen LogP contribution in [-0.2, 0) is 19.3 Å². The van der Waals surface area contributed by atoms with E-state index in [4.69, 9.17) is 12.2 Å². The van der Waals surface area contributed by atoms with Crippen LogP contribution in [0.4, 0.5) is 5.69 Å². The van der Waals surface area contributed by atoms with E-state index in [1.165, 1.54) is 16.8 Å². The molecule has 4 aromatic rings. The number of benzene rings is 3. The molecule has 1 aromatic heterocycles. The van der Waals surface area contributed by atoms with Crippen LogP contribution in [0.3, 0.4) is 0 Å². The first kappa shape index (κ1) is 18.7. The molecule has 0 saturated carbocycles. The van der Waals surface area contributed by atoms with Gasteiger partial charge < -0.3 is 4.90 Å². The summed E-state index contributed by atoms with van der Waals surface area (Å²) in [5.41, 5.74) is 4.85. The van der Waals surface area contributed by atoms with E-state index in [1.54, 1.807) is 0 Å². The zero-order valence-electron chi connectivity index (χ0n) is 16.6. The molecule has 4 nitrogen and oxygen atoms in total. The summed E-state index contributed by atoms with van der Waals surface area (Å²) >= 11 is 5.87. The van der Waals surface area contributed by atoms with Crippen LogP contribution in [0, 0.1) is 0 Å². The van der Waals surface area contributed by atoms with Gasteiger partial charge in [-0.2, -0.15) is 0 Å². The van der Waals surface area contributed by atoms with Gasteiger partial charge in [0.05, 0.1) is 11.4 Å². The van der Waals surface area contributed by atoms with Gasteiger partial charge in [0.15, 0.2) is 0 Å². The Balaban J connectivity index is 1.47. The Bertz CT molecular complexity index is 1170. The average molecular weight is 411 g/mol. The molecule has 0 N–H and O–H groups in total. The fraction of sp³-hybridized carbons (Fsp3) is 0.160. The molecule has 0 radical (unpaired) electrons. The Morgan fingerprint density at radius 3 is 2.27 bits per heavy atom. The van der Waals surface area contributed by atoms with Crippen LogP contribution in [0.1, 0.15) is 22.8 Å². The quantitative estimate of drug-likeness (QED) is 0.443. The molecule has 1 aliphatic heterocycles. The highest BCUT2D eigenvalue weighted by Gasteiger charge is 2.24. The predicted octanol–water partition coefficient (Wildman–Crippen LogP) is 4.79. The van der Waals surface area contributed by atoms with Crippen molar-refractivity contribution in [3.05, 3.63) is 108 Å². The van der Waals surface area contributed by atoms with Crippen molar-refractivity contribution >= 4 is 22.9 Å². The number of rotatable bonds is 5. The van der Waals surface area contributed by atoms with E-state index >= 15 is 0 Å². The van der Waals surface area contributed by atoms with Crippen molar-refractivity contribution in [2.45, 2.75) is 19.3 Å². The molecule has 0 amide bonds. The molecule has 0 saturated heterocycles. The molecular formula is C25H22N4S. The normalized spacial score (nSPS) is 12.7. The van der Waals surface area contributed by atoms with Crippen molar-refractivity contribution in [2.24, 2.45) is 0 Å². The van der Waals surface area contributed by atoms with E-state index in [9.17, 15) is 0 Å². The number of aromatic nitrogens is 3. The van der Waals surface area contributed by atoms with E-state index in [0.29, 0.717) is 6.42 Å². The first-order valence-electron chi connectivity index (χ1n) is 10.2. The van der Waals surface area contributed by atoms with Crippen molar-refractivity contribution in [1.82, 2.24) is 14.8 Å². The van der Waals surface area contributed by atoms with Crippen molar-refractivity contribution in [3.63, 3.8) is 0 Å². The molecule has 0 spiro atoms. The summed E-state index contributed by atoms with van der Waals surface area (Å²) in [4.78, 5) is 3.13. The Hall–Kier alpha value is -3.31. The molecule has 0 atom stereocenters. The van der Waals surface area contributed by atoms with E-state index in [1.807, 2.05) is 24.3 Å². The van der Waals surface area contributed by atoms with Crippen LogP contribution in [0.2, 0.25) is 0 Å². The first-order valence-corrected chi connectivity index (χ1v) is 10.6. The molecule has 148 valence electrons. The van der Waals surface area contributed by atoms with Crippen LogP contribution in [0.25, 0.3) is 5.69 Å². The van der Waals surface area contributed by atoms with Gasteiger partial charge in [0.2, 0.25) is 0 Å². The molecule has 0 unspecified atom stereocenters. The topological polar surface area (TPSA) is 34.0 Å². The minimum absolute atomic E-state index is 0.584. The zero-order valence-corrected chi connectivity index (χ0v) is 17.4. The lowest BCUT2D eigenvalue weighted by molar-refractivity contribution is 0.878. The minimum Gasteiger partial charge on any atom is -0.335 e. The maximum absolute atomic E-state index is 5.87. The molecule has 5 rings (SSSR count). The highest BCUT2D eigenvalue weighted by molar-refractivity contribution is 7.80. The van der Waals surface area contributed by atoms with Crippen molar-refractivity contribution in [1.29, 1.82) is 0 Å². The second-order valence-corrected chi connectivity index (χ2v) is 7.94. The maximum atomic E-state index is 5.87. The molecule has 0 fully saturated rings. The van der Waals surface area contributed by atoms with Crippen LogP contribution in [0.15, 0.2) is 84.9 Å². The van der Waals surface area contributed by atoms with E-state index < -0.39 is 0 Å². The van der Waals surface area contributed by atoms with Gasteiger partial charge >= 0.3 is 0 Å². The Morgan fingerprint density at radius 2 is 1.47 bits per heavy atom. The summed E-state index contributed by atoms with van der Waals surface area (Å²) in [6.07, 6.45) is 2.34. The van der Waals surface area contributed by atoms with Gasteiger partial charge in [0.1, 0.15) is 11.6 Å². The van der Waals surface area contributed by atoms with Gasteiger partial charge in [0.25, 0.3) is 0 Å². The molecule has 3 aromatic carbocycles. The SMILES string of the molecule is S=C(Cc1nnc(Cc2ccccc2)n1-c1ccccc1)N1CCc2ccccc21. The molecule has 2 heterocycles. The molecule has 5 heteroatoms. The fourth-order valence-electron chi connectivity index (χ4n) is 4.06. The molecule has 0 aliphatic carbocycles. The zero-order chi connectivity index (χ0) is 20.3. The predicted molar refractivity (Wildman–Crippen MR) is 124 cm³/mol. The number of para-hydroxylation sites is 2. The standard InChI is InChI=1S/C25H22N4S/c30-25(28-16-15-20-11-7-8-14-22(20)28)18-24-27-26-23(17-19-9-3-1-4-10-19)29(24)21-12-5-2-6-13-21/h1-14H,15-18H2. The second kappa shape index (κ2) is 8.20. The largest absolute Gasteiger partial charge is 0.335 e. The van der Waals surface area contributed by atoms with Gasteiger partial charge in [-0.05, 0) is 35.7 Å². The Morgan fingerprint density at radius 1 is 0.800 bits per heavy atom. The van der Waals surface area contributed by atoms with Crippen molar-refractivity contribution in [2.75, 3.05) is 11.4 Å². The average Bonchev–Trinajstić information content (AvgIpc) is 3.39. The number of nitrogens with zero attached hydrogens (tertiary/aromatic N) is 4. The Labute approximate surface area is 181 Å². The van der Waals surface area contributed by atoms with Crippen LogP contribution in [-0.4, -0.2) is 26.3 Å². The summed E-state index contributed by atoms with van der Waals surface area (Å²) in [5.74, 6) is 1.80. The summed E-state index contributed by atoms with van der Waals surface area (Å²) in [6.45, 7) is 0.925. The summed E-state index contributed by atoms with van der Waals surface area (Å²) < 4.78 is 2.15. The van der Waals surface area contributed by atoms with Gasteiger partial charge in [0, 0.05) is 24.3 Å². The number of hydrogen-bond donors (Lipinski definition) is 0. The van der Waals surface area contributed by atoms with Gasteiger partial charge in [-0.3, -0.25) is 4.57 Å². The molecule has 30 heavy (non-hydrogen) atoms. The van der Waals surface area contributed by atoms with Crippen molar-refractivity contribution < 1.29 is 0 Å². The maximum Gasteiger partial charge on any atom is 0.144 e. The number of thiocarbonyl (C=S) groups is 1. The fourth-order valence-corrected chi connectivity index (χ4v) is 4.38. The van der Waals surface area contributed by atoms with Crippen molar-refractivity contribution in [3.8, 4) is 5.69 Å². The first-order chi connectivity index (χ1) is 14.8. The monoisotopic (exact) mass is 410 g/mol. The van der Waals surface area contributed by atoms with Crippen LogP contribution < -0.4 is 4.90 Å². The number of hydrogen-bond acceptors (Lipinski definition) is 3. The Kier molecular flexibility index (Phi) is 5.11. The molecular weight excluding hydrogens is 388 g/mol.